The highest BCUT2D eigenvalue weighted by molar-refractivity contribution is 7.89. The van der Waals surface area contributed by atoms with Crippen LogP contribution < -0.4 is 0 Å². The Kier molecular flexibility index (Phi) is 4.21. The van der Waals surface area contributed by atoms with E-state index in [9.17, 15) is 16.8 Å². The molecule has 0 amide bonds. The first kappa shape index (κ1) is 15.4. The van der Waals surface area contributed by atoms with Gasteiger partial charge >= 0.3 is 0 Å². The molecule has 0 radical (unpaired) electrons. The molecule has 1 aromatic rings. The first-order chi connectivity index (χ1) is 9.25. The maximum absolute atomic E-state index is 12.3. The quantitative estimate of drug-likeness (QED) is 0.721. The van der Waals surface area contributed by atoms with Gasteiger partial charge in [0.1, 0.15) is 0 Å². The van der Waals surface area contributed by atoms with E-state index in [1.807, 2.05) is 0 Å². The summed E-state index contributed by atoms with van der Waals surface area (Å²) in [6.45, 7) is 0.270. The molecule has 1 aliphatic rings. The van der Waals surface area contributed by atoms with Gasteiger partial charge in [-0.15, -0.1) is 0 Å². The van der Waals surface area contributed by atoms with Gasteiger partial charge in [-0.2, -0.15) is 8.61 Å². The SMILES string of the molecule is CS(=O)(=O)N1CCN(S(=O)(=O)c2c[nH]c(CO)c2)CC1. The Morgan fingerprint density at radius 1 is 1.15 bits per heavy atom. The lowest BCUT2D eigenvalue weighted by Gasteiger charge is -2.32. The van der Waals surface area contributed by atoms with Crippen molar-refractivity contribution in [2.45, 2.75) is 11.5 Å². The summed E-state index contributed by atoms with van der Waals surface area (Å²) in [4.78, 5) is 2.75. The van der Waals surface area contributed by atoms with Gasteiger partial charge in [-0.25, -0.2) is 16.8 Å². The smallest absolute Gasteiger partial charge is 0.244 e. The molecule has 0 unspecified atom stereocenters. The summed E-state index contributed by atoms with van der Waals surface area (Å²) in [5, 5.41) is 8.94. The number of aromatic nitrogens is 1. The minimum atomic E-state index is -3.65. The van der Waals surface area contributed by atoms with Gasteiger partial charge < -0.3 is 10.1 Å². The van der Waals surface area contributed by atoms with Crippen molar-refractivity contribution >= 4 is 20.0 Å². The number of nitrogens with zero attached hydrogens (tertiary/aromatic N) is 2. The highest BCUT2D eigenvalue weighted by Crippen LogP contribution is 2.19. The van der Waals surface area contributed by atoms with Gasteiger partial charge in [0.15, 0.2) is 0 Å². The molecular formula is C10H17N3O5S2. The van der Waals surface area contributed by atoms with Crippen LogP contribution in [0.3, 0.4) is 0 Å². The summed E-state index contributed by atoms with van der Waals surface area (Å²) in [5.74, 6) is 0. The number of aromatic amines is 1. The van der Waals surface area contributed by atoms with Crippen molar-refractivity contribution in [2.75, 3.05) is 32.4 Å². The van der Waals surface area contributed by atoms with E-state index in [1.165, 1.54) is 20.9 Å². The van der Waals surface area contributed by atoms with E-state index in [0.29, 0.717) is 5.69 Å². The van der Waals surface area contributed by atoms with Crippen LogP contribution >= 0.6 is 0 Å². The second-order valence-corrected chi connectivity index (χ2v) is 8.51. The zero-order chi connectivity index (χ0) is 15.0. The topological polar surface area (TPSA) is 111 Å². The van der Waals surface area contributed by atoms with Gasteiger partial charge in [-0.3, -0.25) is 0 Å². The molecule has 0 spiro atoms. The molecule has 0 bridgehead atoms. The number of aliphatic hydroxyl groups is 1. The number of aliphatic hydroxyl groups excluding tert-OH is 1. The number of sulfonamides is 2. The molecule has 0 saturated carbocycles. The highest BCUT2D eigenvalue weighted by Gasteiger charge is 2.31. The van der Waals surface area contributed by atoms with E-state index in [2.05, 4.69) is 4.98 Å². The number of hydrogen-bond acceptors (Lipinski definition) is 5. The number of H-pyrrole nitrogens is 1. The monoisotopic (exact) mass is 323 g/mol. The summed E-state index contributed by atoms with van der Waals surface area (Å²) in [7, 11) is -6.94. The Balaban J connectivity index is 2.13. The van der Waals surface area contributed by atoms with Gasteiger partial charge in [0.05, 0.1) is 17.8 Å². The van der Waals surface area contributed by atoms with Gasteiger partial charge in [-0.1, -0.05) is 0 Å². The van der Waals surface area contributed by atoms with Crippen molar-refractivity contribution in [3.05, 3.63) is 18.0 Å². The van der Waals surface area contributed by atoms with Crippen molar-refractivity contribution in [3.8, 4) is 0 Å². The maximum Gasteiger partial charge on any atom is 0.244 e. The molecule has 2 rings (SSSR count). The van der Waals surface area contributed by atoms with Crippen LogP contribution in [0.2, 0.25) is 0 Å². The van der Waals surface area contributed by atoms with Crippen molar-refractivity contribution in [1.29, 1.82) is 0 Å². The van der Waals surface area contributed by atoms with Gasteiger partial charge in [0, 0.05) is 38.1 Å². The normalized spacial score (nSPS) is 19.3. The molecule has 0 atom stereocenters. The molecular weight excluding hydrogens is 306 g/mol. The second kappa shape index (κ2) is 5.45. The summed E-state index contributed by atoms with van der Waals surface area (Å²) in [6, 6.07) is 1.37. The molecule has 0 aliphatic carbocycles. The van der Waals surface area contributed by atoms with Gasteiger partial charge in [0.2, 0.25) is 20.0 Å². The molecule has 1 fully saturated rings. The minimum Gasteiger partial charge on any atom is -0.390 e. The summed E-state index contributed by atoms with van der Waals surface area (Å²) < 4.78 is 49.9. The van der Waals surface area contributed by atoms with Crippen LogP contribution in [-0.2, 0) is 26.7 Å². The first-order valence-electron chi connectivity index (χ1n) is 5.98. The van der Waals surface area contributed by atoms with Crippen LogP contribution in [0, 0.1) is 0 Å². The Morgan fingerprint density at radius 2 is 1.70 bits per heavy atom. The van der Waals surface area contributed by atoms with Crippen LogP contribution in [0.25, 0.3) is 0 Å². The molecule has 1 aliphatic heterocycles. The molecule has 1 saturated heterocycles. The van der Waals surface area contributed by atoms with Crippen molar-refractivity contribution < 1.29 is 21.9 Å². The molecule has 2 heterocycles. The van der Waals surface area contributed by atoms with Crippen LogP contribution in [0.5, 0.6) is 0 Å². The lowest BCUT2D eigenvalue weighted by molar-refractivity contribution is 0.273. The number of piperazine rings is 1. The molecule has 114 valence electrons. The Morgan fingerprint density at radius 3 is 2.15 bits per heavy atom. The average Bonchev–Trinajstić information content (AvgIpc) is 2.87. The molecule has 20 heavy (non-hydrogen) atoms. The third-order valence-electron chi connectivity index (χ3n) is 3.19. The lowest BCUT2D eigenvalue weighted by Crippen LogP contribution is -2.50. The molecule has 2 N–H and O–H groups in total. The maximum atomic E-state index is 12.3. The van der Waals surface area contributed by atoms with E-state index >= 15 is 0 Å². The zero-order valence-corrected chi connectivity index (χ0v) is 12.6. The van der Waals surface area contributed by atoms with Crippen LogP contribution in [0.1, 0.15) is 5.69 Å². The van der Waals surface area contributed by atoms with E-state index in [0.717, 1.165) is 6.26 Å². The average molecular weight is 323 g/mol. The summed E-state index contributed by atoms with van der Waals surface area (Å²) in [6.07, 6.45) is 2.43. The van der Waals surface area contributed by atoms with E-state index < -0.39 is 20.0 Å². The number of nitrogens with one attached hydrogen (secondary N) is 1. The fourth-order valence-corrected chi connectivity index (χ4v) is 4.32. The Bertz CT molecular complexity index is 672. The van der Waals surface area contributed by atoms with Crippen LogP contribution in [0.4, 0.5) is 0 Å². The fourth-order valence-electron chi connectivity index (χ4n) is 2.05. The van der Waals surface area contributed by atoms with Gasteiger partial charge in [-0.05, 0) is 6.07 Å². The number of hydrogen-bond donors (Lipinski definition) is 2. The van der Waals surface area contributed by atoms with Crippen LogP contribution in [-0.4, -0.2) is 68.0 Å². The van der Waals surface area contributed by atoms with Gasteiger partial charge in [0.25, 0.3) is 0 Å². The van der Waals surface area contributed by atoms with E-state index in [4.69, 9.17) is 5.11 Å². The van der Waals surface area contributed by atoms with Crippen LogP contribution in [0.15, 0.2) is 17.2 Å². The third kappa shape index (κ3) is 3.04. The second-order valence-electron chi connectivity index (χ2n) is 4.58. The van der Waals surface area contributed by atoms with Crippen molar-refractivity contribution in [3.63, 3.8) is 0 Å². The fraction of sp³-hybridized carbons (Fsp3) is 0.600. The third-order valence-corrected chi connectivity index (χ3v) is 6.37. The molecule has 0 aromatic carbocycles. The minimum absolute atomic E-state index is 0.0781. The predicted octanol–water partition coefficient (Wildman–Crippen LogP) is -1.23. The first-order valence-corrected chi connectivity index (χ1v) is 9.27. The standard InChI is InChI=1S/C10H17N3O5S2/c1-19(15,16)12-2-4-13(5-3-12)20(17,18)10-6-9(8-14)11-7-10/h6-7,11,14H,2-5,8H2,1H3. The molecule has 10 heteroatoms. The molecule has 1 aromatic heterocycles. The zero-order valence-electron chi connectivity index (χ0n) is 11.0. The Hall–Kier alpha value is -0.940. The Labute approximate surface area is 118 Å². The summed E-state index contributed by atoms with van der Waals surface area (Å²) in [5.41, 5.74) is 0.415. The summed E-state index contributed by atoms with van der Waals surface area (Å²) >= 11 is 0. The van der Waals surface area contributed by atoms with Crippen molar-refractivity contribution in [2.24, 2.45) is 0 Å². The predicted molar refractivity (Wildman–Crippen MR) is 71.9 cm³/mol. The largest absolute Gasteiger partial charge is 0.390 e. The van der Waals surface area contributed by atoms with E-state index in [1.54, 1.807) is 0 Å². The molecule has 8 nitrogen and oxygen atoms in total. The number of rotatable bonds is 4. The van der Waals surface area contributed by atoms with E-state index in [-0.39, 0.29) is 37.7 Å². The van der Waals surface area contributed by atoms with Crippen molar-refractivity contribution in [1.82, 2.24) is 13.6 Å². The lowest BCUT2D eigenvalue weighted by atomic mass is 10.4. The highest BCUT2D eigenvalue weighted by atomic mass is 32.2.